The molecule has 0 aromatic rings. The van der Waals surface area contributed by atoms with E-state index in [9.17, 15) is 4.21 Å². The number of nitrogens with two attached hydrogens (primary N) is 2. The van der Waals surface area contributed by atoms with Gasteiger partial charge in [0.2, 0.25) is 0 Å². The van der Waals surface area contributed by atoms with E-state index in [1.165, 1.54) is 0 Å². The van der Waals surface area contributed by atoms with Gasteiger partial charge in [-0.05, 0) is 12.8 Å². The fourth-order valence-corrected chi connectivity index (χ4v) is 2.25. The van der Waals surface area contributed by atoms with Crippen molar-refractivity contribution in [1.82, 2.24) is 0 Å². The highest BCUT2D eigenvalue weighted by atomic mass is 32.2. The van der Waals surface area contributed by atoms with E-state index in [0.717, 1.165) is 0 Å². The normalized spacial score (nSPS) is 28.2. The average molecular weight is 148 g/mol. The Morgan fingerprint density at radius 2 is 1.67 bits per heavy atom. The molecule has 0 atom stereocenters. The Hall–Kier alpha value is 0.0700. The molecule has 0 unspecified atom stereocenters. The second kappa shape index (κ2) is 2.36. The van der Waals surface area contributed by atoms with Gasteiger partial charge in [0, 0.05) is 22.3 Å². The summed E-state index contributed by atoms with van der Waals surface area (Å²) in [7, 11) is -0.647. The summed E-state index contributed by atoms with van der Waals surface area (Å²) in [5.41, 5.74) is 10.6. The van der Waals surface area contributed by atoms with Crippen LogP contribution < -0.4 is 11.5 Å². The van der Waals surface area contributed by atoms with Gasteiger partial charge in [0.25, 0.3) is 0 Å². The van der Waals surface area contributed by atoms with Gasteiger partial charge in [-0.3, -0.25) is 4.21 Å². The molecule has 0 aromatic carbocycles. The fraction of sp³-hybridized carbons (Fsp3) is 1.00. The Morgan fingerprint density at radius 3 is 2.00 bits per heavy atom. The maximum atomic E-state index is 10.8. The summed E-state index contributed by atoms with van der Waals surface area (Å²) in [6.45, 7) is 0. The zero-order chi connectivity index (χ0) is 6.91. The van der Waals surface area contributed by atoms with E-state index in [4.69, 9.17) is 11.5 Å². The lowest BCUT2D eigenvalue weighted by atomic mass is 10.1. The van der Waals surface area contributed by atoms with Gasteiger partial charge < -0.3 is 11.5 Å². The lowest BCUT2D eigenvalue weighted by molar-refractivity contribution is 0.405. The van der Waals surface area contributed by atoms with Crippen molar-refractivity contribution < 1.29 is 4.21 Å². The van der Waals surface area contributed by atoms with Crippen LogP contribution in [0.25, 0.3) is 0 Å². The smallest absolute Gasteiger partial charge is 0.0654 e. The van der Waals surface area contributed by atoms with Crippen LogP contribution in [0.15, 0.2) is 0 Å². The average Bonchev–Trinajstić information content (AvgIpc) is 1.78. The topological polar surface area (TPSA) is 69.1 Å². The predicted octanol–water partition coefficient (Wildman–Crippen LogP) is -0.857. The van der Waals surface area contributed by atoms with Crippen LogP contribution in [-0.4, -0.2) is 21.4 Å². The summed E-state index contributed by atoms with van der Waals surface area (Å²) in [5.74, 6) is 1.35. The SMILES string of the molecule is NC1(N)CCS(=O)CC1. The molecule has 54 valence electrons. The van der Waals surface area contributed by atoms with Crippen LogP contribution in [0.2, 0.25) is 0 Å². The van der Waals surface area contributed by atoms with E-state index >= 15 is 0 Å². The summed E-state index contributed by atoms with van der Waals surface area (Å²) in [4.78, 5) is 0. The van der Waals surface area contributed by atoms with Crippen LogP contribution in [0.5, 0.6) is 0 Å². The molecule has 0 saturated carbocycles. The molecular weight excluding hydrogens is 136 g/mol. The highest BCUT2D eigenvalue weighted by Crippen LogP contribution is 2.12. The van der Waals surface area contributed by atoms with Crippen LogP contribution in [0.4, 0.5) is 0 Å². The molecule has 0 spiro atoms. The van der Waals surface area contributed by atoms with Crippen molar-refractivity contribution in [3.05, 3.63) is 0 Å². The maximum Gasteiger partial charge on any atom is 0.0654 e. The first-order chi connectivity index (χ1) is 4.10. The third-order valence-electron chi connectivity index (χ3n) is 1.59. The van der Waals surface area contributed by atoms with E-state index in [-0.39, 0.29) is 0 Å². The van der Waals surface area contributed by atoms with Gasteiger partial charge in [-0.25, -0.2) is 0 Å². The first-order valence-electron chi connectivity index (χ1n) is 3.03. The molecule has 1 heterocycles. The second-order valence-corrected chi connectivity index (χ2v) is 4.28. The maximum absolute atomic E-state index is 10.8. The Labute approximate surface area is 57.2 Å². The lowest BCUT2D eigenvalue weighted by Crippen LogP contribution is -2.53. The predicted molar refractivity (Wildman–Crippen MR) is 38.2 cm³/mol. The molecule has 0 aromatic heterocycles. The van der Waals surface area contributed by atoms with Gasteiger partial charge in [-0.2, -0.15) is 0 Å². The third kappa shape index (κ3) is 2.04. The largest absolute Gasteiger partial charge is 0.313 e. The van der Waals surface area contributed by atoms with E-state index < -0.39 is 16.5 Å². The number of rotatable bonds is 0. The van der Waals surface area contributed by atoms with Gasteiger partial charge in [-0.1, -0.05) is 0 Å². The summed E-state index contributed by atoms with van der Waals surface area (Å²) in [5, 5.41) is 0. The summed E-state index contributed by atoms with van der Waals surface area (Å²) in [6, 6.07) is 0. The van der Waals surface area contributed by atoms with Crippen molar-refractivity contribution in [2.45, 2.75) is 18.5 Å². The minimum absolute atomic E-state index is 0.534. The van der Waals surface area contributed by atoms with Crippen molar-refractivity contribution in [2.24, 2.45) is 11.5 Å². The first-order valence-corrected chi connectivity index (χ1v) is 4.52. The quantitative estimate of drug-likeness (QED) is 0.439. The summed E-state index contributed by atoms with van der Waals surface area (Å²) >= 11 is 0. The number of hydrogen-bond donors (Lipinski definition) is 2. The van der Waals surface area contributed by atoms with Gasteiger partial charge in [0.1, 0.15) is 0 Å². The van der Waals surface area contributed by atoms with E-state index in [2.05, 4.69) is 0 Å². The van der Waals surface area contributed by atoms with E-state index in [0.29, 0.717) is 24.3 Å². The molecule has 4 N–H and O–H groups in total. The molecule has 0 aliphatic carbocycles. The van der Waals surface area contributed by atoms with Crippen LogP contribution in [0.3, 0.4) is 0 Å². The second-order valence-electron chi connectivity index (χ2n) is 2.58. The molecule has 1 aliphatic rings. The summed E-state index contributed by atoms with van der Waals surface area (Å²) in [6.07, 6.45) is 1.39. The molecule has 1 fully saturated rings. The summed E-state index contributed by atoms with van der Waals surface area (Å²) < 4.78 is 10.8. The lowest BCUT2D eigenvalue weighted by Gasteiger charge is -2.27. The number of hydrogen-bond acceptors (Lipinski definition) is 3. The van der Waals surface area contributed by atoms with Gasteiger partial charge >= 0.3 is 0 Å². The Balaban J connectivity index is 2.44. The molecule has 1 rings (SSSR count). The van der Waals surface area contributed by atoms with Gasteiger partial charge in [0.05, 0.1) is 5.66 Å². The van der Waals surface area contributed by atoms with Crippen molar-refractivity contribution in [3.63, 3.8) is 0 Å². The highest BCUT2D eigenvalue weighted by molar-refractivity contribution is 7.85. The Bertz CT molecular complexity index is 123. The van der Waals surface area contributed by atoms with Crippen molar-refractivity contribution in [1.29, 1.82) is 0 Å². The van der Waals surface area contributed by atoms with Crippen LogP contribution in [0.1, 0.15) is 12.8 Å². The van der Waals surface area contributed by atoms with Crippen LogP contribution >= 0.6 is 0 Å². The molecule has 9 heavy (non-hydrogen) atoms. The molecule has 1 aliphatic heterocycles. The molecule has 3 nitrogen and oxygen atoms in total. The van der Waals surface area contributed by atoms with Gasteiger partial charge in [-0.15, -0.1) is 0 Å². The van der Waals surface area contributed by atoms with Gasteiger partial charge in [0.15, 0.2) is 0 Å². The molecular formula is C5H12N2OS. The van der Waals surface area contributed by atoms with Crippen molar-refractivity contribution in [2.75, 3.05) is 11.5 Å². The Morgan fingerprint density at radius 1 is 1.22 bits per heavy atom. The Kier molecular flexibility index (Phi) is 1.88. The minimum atomic E-state index is -0.647. The molecule has 1 saturated heterocycles. The molecule has 0 amide bonds. The molecule has 0 radical (unpaired) electrons. The molecule has 4 heteroatoms. The monoisotopic (exact) mass is 148 g/mol. The van der Waals surface area contributed by atoms with Crippen molar-refractivity contribution in [3.8, 4) is 0 Å². The van der Waals surface area contributed by atoms with E-state index in [1.54, 1.807) is 0 Å². The fourth-order valence-electron chi connectivity index (χ4n) is 0.835. The highest BCUT2D eigenvalue weighted by Gasteiger charge is 2.25. The first kappa shape index (κ1) is 7.18. The zero-order valence-corrected chi connectivity index (χ0v) is 6.12. The third-order valence-corrected chi connectivity index (χ3v) is 2.91. The minimum Gasteiger partial charge on any atom is -0.313 e. The van der Waals surface area contributed by atoms with E-state index in [1.807, 2.05) is 0 Å². The standard InChI is InChI=1S/C5H12N2OS/c6-5(7)1-3-9(8)4-2-5/h1-4,6-7H2. The van der Waals surface area contributed by atoms with Crippen molar-refractivity contribution >= 4 is 10.8 Å². The molecule has 0 bridgehead atoms. The van der Waals surface area contributed by atoms with Crippen LogP contribution in [0, 0.1) is 0 Å². The van der Waals surface area contributed by atoms with Crippen LogP contribution in [-0.2, 0) is 10.8 Å². The zero-order valence-electron chi connectivity index (χ0n) is 5.30.